The van der Waals surface area contributed by atoms with Gasteiger partial charge in [0.05, 0.1) is 0 Å². The fourth-order valence-corrected chi connectivity index (χ4v) is 2.59. The molecule has 2 N–H and O–H groups in total. The van der Waals surface area contributed by atoms with Gasteiger partial charge in [0.1, 0.15) is 5.82 Å². The summed E-state index contributed by atoms with van der Waals surface area (Å²) in [5, 5.41) is 0.972. The number of nitrogens with zero attached hydrogens (tertiary/aromatic N) is 3. The van der Waals surface area contributed by atoms with Crippen molar-refractivity contribution in [2.75, 3.05) is 17.7 Å². The number of para-hydroxylation sites is 1. The maximum atomic E-state index is 5.95. The van der Waals surface area contributed by atoms with Gasteiger partial charge in [0.25, 0.3) is 0 Å². The van der Waals surface area contributed by atoms with Gasteiger partial charge in [-0.05, 0) is 24.5 Å². The summed E-state index contributed by atoms with van der Waals surface area (Å²) in [7, 11) is 2.03. The van der Waals surface area contributed by atoms with E-state index in [-0.39, 0.29) is 0 Å². The van der Waals surface area contributed by atoms with E-state index in [2.05, 4.69) is 20.3 Å². The van der Waals surface area contributed by atoms with Crippen LogP contribution in [-0.4, -0.2) is 16.4 Å². The zero-order chi connectivity index (χ0) is 12.5. The molecule has 1 aromatic heterocycles. The van der Waals surface area contributed by atoms with Crippen molar-refractivity contribution in [1.29, 1.82) is 0 Å². The topological polar surface area (TPSA) is 55.0 Å². The molecule has 1 saturated carbocycles. The zero-order valence-corrected chi connectivity index (χ0v) is 11.2. The molecular formula is C13H16N4S. The molecule has 1 aliphatic rings. The molecule has 0 bridgehead atoms. The minimum Gasteiger partial charge on any atom is -0.398 e. The van der Waals surface area contributed by atoms with Crippen LogP contribution in [0.3, 0.4) is 0 Å². The lowest BCUT2D eigenvalue weighted by Crippen LogP contribution is -2.17. The van der Waals surface area contributed by atoms with Crippen molar-refractivity contribution in [3.8, 4) is 0 Å². The van der Waals surface area contributed by atoms with E-state index in [0.717, 1.165) is 28.8 Å². The summed E-state index contributed by atoms with van der Waals surface area (Å²) in [5.74, 6) is 1.63. The fraction of sp³-hybridized carbons (Fsp3) is 0.385. The first-order valence-electron chi connectivity index (χ1n) is 6.12. The van der Waals surface area contributed by atoms with Gasteiger partial charge < -0.3 is 10.6 Å². The summed E-state index contributed by atoms with van der Waals surface area (Å²) in [6, 6.07) is 7.94. The molecule has 0 atom stereocenters. The zero-order valence-electron chi connectivity index (χ0n) is 10.3. The Bertz CT molecular complexity index is 547. The van der Waals surface area contributed by atoms with Crippen LogP contribution < -0.4 is 10.6 Å². The molecule has 1 aliphatic carbocycles. The highest BCUT2D eigenvalue weighted by Crippen LogP contribution is 2.39. The van der Waals surface area contributed by atoms with Crippen molar-refractivity contribution in [2.24, 2.45) is 0 Å². The first kappa shape index (κ1) is 11.5. The Morgan fingerprint density at radius 1 is 1.39 bits per heavy atom. The average molecular weight is 260 g/mol. The number of hydrogen-bond donors (Lipinski definition) is 1. The molecule has 0 radical (unpaired) electrons. The van der Waals surface area contributed by atoms with Crippen LogP contribution in [0.1, 0.15) is 30.1 Å². The predicted octanol–water partition coefficient (Wildman–Crippen LogP) is 2.63. The molecule has 1 fully saturated rings. The van der Waals surface area contributed by atoms with Crippen LogP contribution in [0.2, 0.25) is 0 Å². The molecule has 3 rings (SSSR count). The van der Waals surface area contributed by atoms with Crippen molar-refractivity contribution < 1.29 is 0 Å². The third-order valence-corrected chi connectivity index (χ3v) is 4.01. The average Bonchev–Trinajstić information content (AvgIpc) is 3.10. The smallest absolute Gasteiger partial charge is 0.205 e. The number of anilines is 2. The van der Waals surface area contributed by atoms with E-state index in [9.17, 15) is 0 Å². The van der Waals surface area contributed by atoms with E-state index in [1.165, 1.54) is 24.4 Å². The highest BCUT2D eigenvalue weighted by molar-refractivity contribution is 7.09. The van der Waals surface area contributed by atoms with Gasteiger partial charge in [-0.25, -0.2) is 4.98 Å². The van der Waals surface area contributed by atoms with Gasteiger partial charge in [0.15, 0.2) is 0 Å². The van der Waals surface area contributed by atoms with Crippen molar-refractivity contribution in [2.45, 2.75) is 25.3 Å². The molecule has 0 spiro atoms. The Kier molecular flexibility index (Phi) is 2.91. The summed E-state index contributed by atoms with van der Waals surface area (Å²) in [4.78, 5) is 6.70. The van der Waals surface area contributed by atoms with E-state index in [1.807, 2.05) is 25.2 Å². The SMILES string of the molecule is CN(Cc1ccccc1N)c1nc(C2CC2)ns1. The van der Waals surface area contributed by atoms with E-state index in [0.29, 0.717) is 5.92 Å². The van der Waals surface area contributed by atoms with Gasteiger partial charge in [-0.3, -0.25) is 0 Å². The van der Waals surface area contributed by atoms with Crippen molar-refractivity contribution in [3.63, 3.8) is 0 Å². The highest BCUT2D eigenvalue weighted by atomic mass is 32.1. The number of benzene rings is 1. The predicted molar refractivity (Wildman–Crippen MR) is 74.8 cm³/mol. The third-order valence-electron chi connectivity index (χ3n) is 3.16. The maximum Gasteiger partial charge on any atom is 0.205 e. The number of aromatic nitrogens is 2. The first-order valence-corrected chi connectivity index (χ1v) is 6.89. The summed E-state index contributed by atoms with van der Waals surface area (Å²) in [6.07, 6.45) is 2.48. The molecule has 0 aliphatic heterocycles. The van der Waals surface area contributed by atoms with Crippen LogP contribution in [-0.2, 0) is 6.54 Å². The normalized spacial score (nSPS) is 14.7. The molecule has 1 heterocycles. The van der Waals surface area contributed by atoms with Crippen LogP contribution in [0.5, 0.6) is 0 Å². The second-order valence-electron chi connectivity index (χ2n) is 4.76. The molecule has 94 valence electrons. The summed E-state index contributed by atoms with van der Waals surface area (Å²) < 4.78 is 4.42. The second kappa shape index (κ2) is 4.57. The second-order valence-corrected chi connectivity index (χ2v) is 5.49. The van der Waals surface area contributed by atoms with Crippen LogP contribution >= 0.6 is 11.5 Å². The summed E-state index contributed by atoms with van der Waals surface area (Å²) >= 11 is 1.48. The van der Waals surface area contributed by atoms with Gasteiger partial charge in [-0.1, -0.05) is 18.2 Å². The van der Waals surface area contributed by atoms with Gasteiger partial charge in [-0.2, -0.15) is 4.37 Å². The Morgan fingerprint density at radius 3 is 2.89 bits per heavy atom. The van der Waals surface area contributed by atoms with Crippen LogP contribution in [0, 0.1) is 0 Å². The Morgan fingerprint density at radius 2 is 2.17 bits per heavy atom. The molecule has 5 heteroatoms. The largest absolute Gasteiger partial charge is 0.398 e. The molecule has 0 unspecified atom stereocenters. The van der Waals surface area contributed by atoms with E-state index >= 15 is 0 Å². The Hall–Kier alpha value is -1.62. The summed E-state index contributed by atoms with van der Waals surface area (Å²) in [6.45, 7) is 0.770. The number of rotatable bonds is 4. The highest BCUT2D eigenvalue weighted by Gasteiger charge is 2.28. The van der Waals surface area contributed by atoms with Crippen LogP contribution in [0.25, 0.3) is 0 Å². The van der Waals surface area contributed by atoms with Gasteiger partial charge in [0.2, 0.25) is 5.13 Å². The van der Waals surface area contributed by atoms with E-state index in [1.54, 1.807) is 0 Å². The fourth-order valence-electron chi connectivity index (χ4n) is 1.89. The first-order chi connectivity index (χ1) is 8.74. The number of hydrogen-bond acceptors (Lipinski definition) is 5. The Labute approximate surface area is 111 Å². The molecule has 0 saturated heterocycles. The Balaban J connectivity index is 1.73. The lowest BCUT2D eigenvalue weighted by atomic mass is 10.2. The van der Waals surface area contributed by atoms with Gasteiger partial charge >= 0.3 is 0 Å². The van der Waals surface area contributed by atoms with E-state index < -0.39 is 0 Å². The minimum absolute atomic E-state index is 0.616. The maximum absolute atomic E-state index is 5.95. The summed E-state index contributed by atoms with van der Waals surface area (Å²) in [5.41, 5.74) is 7.91. The third kappa shape index (κ3) is 2.31. The standard InChI is InChI=1S/C13H16N4S/c1-17(8-10-4-2-3-5-11(10)14)13-15-12(16-18-13)9-6-7-9/h2-5,9H,6-8,14H2,1H3. The van der Waals surface area contributed by atoms with Gasteiger partial charge in [0, 0.05) is 36.7 Å². The number of nitrogens with two attached hydrogens (primary N) is 1. The lowest BCUT2D eigenvalue weighted by molar-refractivity contribution is 0.897. The van der Waals surface area contributed by atoms with E-state index in [4.69, 9.17) is 5.73 Å². The molecular weight excluding hydrogens is 244 g/mol. The number of nitrogen functional groups attached to an aromatic ring is 1. The molecule has 18 heavy (non-hydrogen) atoms. The van der Waals surface area contributed by atoms with Gasteiger partial charge in [-0.15, -0.1) is 0 Å². The molecule has 4 nitrogen and oxygen atoms in total. The molecule has 0 amide bonds. The van der Waals surface area contributed by atoms with Crippen molar-refractivity contribution in [1.82, 2.24) is 9.36 Å². The molecule has 2 aromatic rings. The lowest BCUT2D eigenvalue weighted by Gasteiger charge is -2.16. The minimum atomic E-state index is 0.616. The van der Waals surface area contributed by atoms with Crippen molar-refractivity contribution >= 4 is 22.4 Å². The molecule has 1 aromatic carbocycles. The van der Waals surface area contributed by atoms with Crippen molar-refractivity contribution in [3.05, 3.63) is 35.7 Å². The quantitative estimate of drug-likeness (QED) is 0.859. The van der Waals surface area contributed by atoms with Crippen LogP contribution in [0.15, 0.2) is 24.3 Å². The van der Waals surface area contributed by atoms with Crippen LogP contribution in [0.4, 0.5) is 10.8 Å². The monoisotopic (exact) mass is 260 g/mol.